The molecule has 0 aromatic carbocycles. The predicted octanol–water partition coefficient (Wildman–Crippen LogP) is 3.76. The van der Waals surface area contributed by atoms with Crippen LogP contribution in [-0.2, 0) is 19.1 Å². The monoisotopic (exact) mass is 657 g/mol. The van der Waals surface area contributed by atoms with E-state index in [1.165, 1.54) is 0 Å². The van der Waals surface area contributed by atoms with Crippen molar-refractivity contribution in [3.05, 3.63) is 15.1 Å². The number of aryl methyl sites for hydroxylation is 1. The van der Waals surface area contributed by atoms with Gasteiger partial charge in [-0.25, -0.2) is 14.8 Å². The molecule has 1 saturated heterocycles. The summed E-state index contributed by atoms with van der Waals surface area (Å²) in [7, 11) is 0. The summed E-state index contributed by atoms with van der Waals surface area (Å²) < 4.78 is 11.5. The number of ketones is 2. The van der Waals surface area contributed by atoms with E-state index in [9.17, 15) is 19.2 Å². The van der Waals surface area contributed by atoms with Gasteiger partial charge in [-0.1, -0.05) is 6.92 Å². The van der Waals surface area contributed by atoms with Gasteiger partial charge in [0.25, 0.3) is 0 Å². The second-order valence-electron chi connectivity index (χ2n) is 11.9. The molecule has 1 unspecified atom stereocenters. The number of aromatic nitrogens is 2. The van der Waals surface area contributed by atoms with E-state index in [4.69, 9.17) is 9.47 Å². The van der Waals surface area contributed by atoms with E-state index in [0.29, 0.717) is 22.5 Å². The van der Waals surface area contributed by atoms with Gasteiger partial charge >= 0.3 is 12.1 Å². The first-order valence-corrected chi connectivity index (χ1v) is 14.4. The van der Waals surface area contributed by atoms with Crippen molar-refractivity contribution in [1.82, 2.24) is 19.8 Å². The lowest BCUT2D eigenvalue weighted by atomic mass is 9.80. The van der Waals surface area contributed by atoms with Crippen LogP contribution in [0.25, 0.3) is 0 Å². The van der Waals surface area contributed by atoms with Crippen molar-refractivity contribution in [3.63, 3.8) is 0 Å². The number of amides is 1. The fourth-order valence-corrected chi connectivity index (χ4v) is 5.13. The van der Waals surface area contributed by atoms with Crippen molar-refractivity contribution < 1.29 is 28.7 Å². The number of hydrogen-bond acceptors (Lipinski definition) is 10. The lowest BCUT2D eigenvalue weighted by Crippen LogP contribution is -2.70. The van der Waals surface area contributed by atoms with Crippen LogP contribution in [0.15, 0.2) is 0 Å². The number of esters is 1. The van der Waals surface area contributed by atoms with Crippen LogP contribution in [0.1, 0.15) is 83.9 Å². The molecule has 12 heteroatoms. The lowest BCUT2D eigenvalue weighted by Gasteiger charge is -2.55. The molecule has 2 aliphatic rings. The molecular weight excluding hydrogens is 617 g/mol. The summed E-state index contributed by atoms with van der Waals surface area (Å²) in [6.07, 6.45) is 1.31. The summed E-state index contributed by atoms with van der Waals surface area (Å²) in [6, 6.07) is -1.35. The molecule has 1 N–H and O–H groups in total. The Kier molecular flexibility index (Phi) is 9.62. The number of nitrogens with one attached hydrogen (secondary N) is 1. The molecule has 216 valence electrons. The average Bonchev–Trinajstić information content (AvgIpc) is 2.77. The Hall–Kier alpha value is -2.35. The van der Waals surface area contributed by atoms with Gasteiger partial charge in [0.05, 0.1) is 11.7 Å². The van der Waals surface area contributed by atoms with Gasteiger partial charge in [0.2, 0.25) is 5.78 Å². The van der Waals surface area contributed by atoms with E-state index in [-0.39, 0.29) is 48.4 Å². The van der Waals surface area contributed by atoms with Crippen molar-refractivity contribution in [1.29, 1.82) is 0 Å². The van der Waals surface area contributed by atoms with Gasteiger partial charge in [0, 0.05) is 25.6 Å². The topological polar surface area (TPSA) is 131 Å². The normalized spacial score (nSPS) is 20.4. The van der Waals surface area contributed by atoms with Crippen LogP contribution >= 0.6 is 22.6 Å². The second kappa shape index (κ2) is 12.0. The van der Waals surface area contributed by atoms with Crippen LogP contribution in [0, 0.1) is 10.6 Å². The molecule has 0 spiro atoms. The quantitative estimate of drug-likeness (QED) is 0.191. The zero-order valence-electron chi connectivity index (χ0n) is 24.1. The number of ether oxygens (including phenoxy) is 2. The zero-order chi connectivity index (χ0) is 29.3. The molecule has 1 aliphatic heterocycles. The van der Waals surface area contributed by atoms with Crippen molar-refractivity contribution in [2.45, 2.75) is 104 Å². The van der Waals surface area contributed by atoms with Gasteiger partial charge in [-0.05, 0) is 83.9 Å². The summed E-state index contributed by atoms with van der Waals surface area (Å²) in [5, 5.41) is 2.91. The minimum absolute atomic E-state index is 0.00537. The number of nitrogens with zero attached hydrogens (tertiary/aromatic N) is 4. The molecule has 2 heterocycles. The smallest absolute Gasteiger partial charge is 0.410 e. The second-order valence-corrected chi connectivity index (χ2v) is 13.0. The van der Waals surface area contributed by atoms with Crippen LogP contribution < -0.4 is 5.32 Å². The van der Waals surface area contributed by atoms with Crippen molar-refractivity contribution >= 4 is 52.0 Å². The molecule has 11 nitrogen and oxygen atoms in total. The van der Waals surface area contributed by atoms with Gasteiger partial charge < -0.3 is 19.7 Å². The molecule has 1 amide bonds. The van der Waals surface area contributed by atoms with Gasteiger partial charge in [0.1, 0.15) is 27.5 Å². The number of halogens is 1. The molecule has 1 saturated carbocycles. The molecule has 0 bridgehead atoms. The van der Waals surface area contributed by atoms with Crippen molar-refractivity contribution in [2.75, 3.05) is 25.0 Å². The summed E-state index contributed by atoms with van der Waals surface area (Å²) in [5.74, 6) is -1.08. The van der Waals surface area contributed by atoms with Crippen LogP contribution in [0.4, 0.5) is 10.6 Å². The first-order chi connectivity index (χ1) is 18.0. The van der Waals surface area contributed by atoms with Gasteiger partial charge in [0.15, 0.2) is 17.3 Å². The Morgan fingerprint density at radius 2 is 1.62 bits per heavy atom. The summed E-state index contributed by atoms with van der Waals surface area (Å²) in [5.41, 5.74) is -0.688. The Morgan fingerprint density at radius 3 is 2.15 bits per heavy atom. The van der Waals surface area contributed by atoms with Gasteiger partial charge in [-0.3, -0.25) is 19.3 Å². The molecule has 39 heavy (non-hydrogen) atoms. The van der Waals surface area contributed by atoms with Crippen LogP contribution in [0.5, 0.6) is 0 Å². The van der Waals surface area contributed by atoms with E-state index in [0.717, 1.165) is 12.8 Å². The van der Waals surface area contributed by atoms with E-state index in [1.54, 1.807) is 39.5 Å². The lowest BCUT2D eigenvalue weighted by molar-refractivity contribution is -0.152. The Morgan fingerprint density at radius 1 is 1.00 bits per heavy atom. The highest BCUT2D eigenvalue weighted by Crippen LogP contribution is 2.37. The number of anilines is 1. The van der Waals surface area contributed by atoms with Crippen LogP contribution in [-0.4, -0.2) is 92.4 Å². The zero-order valence-corrected chi connectivity index (χ0v) is 26.2. The number of rotatable bonds is 8. The number of carbonyl (C=O) groups excluding carboxylic acids is 4. The largest absolute Gasteiger partial charge is 0.459 e. The molecule has 1 aromatic heterocycles. The molecular formula is C27H40IN5O6. The molecule has 3 atom stereocenters. The third kappa shape index (κ3) is 7.65. The molecule has 1 aromatic rings. The molecule has 3 rings (SSSR count). The number of fused-ring (bicyclic) bond motifs is 1. The maximum absolute atomic E-state index is 14.1. The third-order valence-corrected chi connectivity index (χ3v) is 7.58. The maximum Gasteiger partial charge on any atom is 0.410 e. The highest BCUT2D eigenvalue weighted by atomic mass is 127. The summed E-state index contributed by atoms with van der Waals surface area (Å²) in [6.45, 7) is 14.7. The number of carbonyl (C=O) groups is 4. The molecule has 1 aliphatic carbocycles. The van der Waals surface area contributed by atoms with E-state index >= 15 is 0 Å². The maximum atomic E-state index is 14.1. The standard InChI is InChI=1S/C27H40IN5O6/c1-9-18(34)21(32-12-13-33(17-11-10-16(17)32)25(37)39-27(6,7)8)22(36)20-24(30-15(2)23(28)31-20)29-14-19(35)38-26(3,4)5/h16-17,21H,9-14H2,1-8H3,(H,29,30)/t16-,17-,21?/m0/s1. The van der Waals surface area contributed by atoms with Crippen LogP contribution in [0.3, 0.4) is 0 Å². The van der Waals surface area contributed by atoms with E-state index in [2.05, 4.69) is 15.3 Å². The summed E-state index contributed by atoms with van der Waals surface area (Å²) >= 11 is 2.00. The predicted molar refractivity (Wildman–Crippen MR) is 154 cm³/mol. The van der Waals surface area contributed by atoms with E-state index < -0.39 is 29.0 Å². The third-order valence-electron chi connectivity index (χ3n) is 6.56. The highest BCUT2D eigenvalue weighted by Gasteiger charge is 2.50. The fourth-order valence-electron chi connectivity index (χ4n) is 4.77. The minimum Gasteiger partial charge on any atom is -0.459 e. The number of Topliss-reactive ketones (excluding diaryl/α,β-unsaturated/α-hetero) is 2. The average molecular weight is 658 g/mol. The number of piperazine rings is 1. The Labute approximate surface area is 243 Å². The van der Waals surface area contributed by atoms with Crippen molar-refractivity contribution in [2.24, 2.45) is 0 Å². The summed E-state index contributed by atoms with van der Waals surface area (Å²) in [4.78, 5) is 65.1. The molecule has 2 fully saturated rings. The Bertz CT molecular complexity index is 1130. The van der Waals surface area contributed by atoms with Gasteiger partial charge in [-0.15, -0.1) is 0 Å². The Balaban J connectivity index is 1.88. The van der Waals surface area contributed by atoms with Crippen molar-refractivity contribution in [3.8, 4) is 0 Å². The number of hydrogen-bond donors (Lipinski definition) is 1. The highest BCUT2D eigenvalue weighted by molar-refractivity contribution is 14.1. The van der Waals surface area contributed by atoms with Crippen LogP contribution in [0.2, 0.25) is 0 Å². The first-order valence-electron chi connectivity index (χ1n) is 13.3. The first kappa shape index (κ1) is 31.2. The fraction of sp³-hybridized carbons (Fsp3) is 0.704. The molecule has 0 radical (unpaired) electrons. The van der Waals surface area contributed by atoms with Gasteiger partial charge in [-0.2, -0.15) is 0 Å². The van der Waals surface area contributed by atoms with E-state index in [1.807, 2.05) is 48.3 Å². The SMILES string of the molecule is CCC(=O)C(C(=O)c1nc(I)c(C)nc1NCC(=O)OC(C)(C)C)N1CCN(C(=O)OC(C)(C)C)[C@H]2CC[C@@H]21. The minimum atomic E-state index is -1.07.